The van der Waals surface area contributed by atoms with E-state index in [1.165, 1.54) is 7.11 Å². The molecule has 0 unspecified atom stereocenters. The van der Waals surface area contributed by atoms with Crippen LogP contribution in [0.2, 0.25) is 0 Å². The smallest absolute Gasteiger partial charge is 0.265 e. The lowest BCUT2D eigenvalue weighted by molar-refractivity contribution is 0.0763. The van der Waals surface area contributed by atoms with Gasteiger partial charge in [0.15, 0.2) is 11.6 Å². The van der Waals surface area contributed by atoms with Crippen LogP contribution in [0.3, 0.4) is 0 Å². The average Bonchev–Trinajstić information content (AvgIpc) is 3.01. The summed E-state index contributed by atoms with van der Waals surface area (Å²) in [6, 6.07) is 2.04. The van der Waals surface area contributed by atoms with Gasteiger partial charge in [0.1, 0.15) is 15.7 Å². The molecule has 1 aromatic carbocycles. The molecule has 0 N–H and O–H groups in total. The Bertz CT molecular complexity index is 808. The third kappa shape index (κ3) is 5.01. The van der Waals surface area contributed by atoms with Crippen LogP contribution in [0.25, 0.3) is 10.6 Å². The van der Waals surface area contributed by atoms with Crippen LogP contribution in [0.1, 0.15) is 28.7 Å². The highest BCUT2D eigenvalue weighted by Crippen LogP contribution is 2.33. The molecule has 0 bridgehead atoms. The fourth-order valence-corrected chi connectivity index (χ4v) is 3.74. The van der Waals surface area contributed by atoms with Crippen molar-refractivity contribution in [1.29, 1.82) is 0 Å². The Morgan fingerprint density at radius 1 is 1.22 bits per heavy atom. The first-order chi connectivity index (χ1) is 12.8. The quantitative estimate of drug-likeness (QED) is 0.679. The lowest BCUT2D eigenvalue weighted by Crippen LogP contribution is -2.33. The van der Waals surface area contributed by atoms with Crippen LogP contribution < -0.4 is 4.74 Å². The minimum atomic E-state index is -0.673. The van der Waals surface area contributed by atoms with Gasteiger partial charge in [-0.15, -0.1) is 11.3 Å². The Morgan fingerprint density at radius 2 is 1.93 bits per heavy atom. The summed E-state index contributed by atoms with van der Waals surface area (Å²) in [4.78, 5) is 21.4. The van der Waals surface area contributed by atoms with Gasteiger partial charge in [-0.1, -0.05) is 0 Å². The van der Waals surface area contributed by atoms with Crippen molar-refractivity contribution in [3.63, 3.8) is 0 Å². The number of aryl methyl sites for hydroxylation is 1. The van der Waals surface area contributed by atoms with Gasteiger partial charge in [-0.25, -0.2) is 13.8 Å². The van der Waals surface area contributed by atoms with Crippen LogP contribution >= 0.6 is 11.3 Å². The highest BCUT2D eigenvalue weighted by atomic mass is 32.1. The lowest BCUT2D eigenvalue weighted by atomic mass is 10.2. The summed E-state index contributed by atoms with van der Waals surface area (Å²) in [6.45, 7) is 5.71. The molecule has 8 heteroatoms. The number of hydrogen-bond donors (Lipinski definition) is 0. The van der Waals surface area contributed by atoms with Gasteiger partial charge < -0.3 is 14.5 Å². The Kier molecular flexibility index (Phi) is 7.26. The molecule has 2 rings (SSSR count). The number of methoxy groups -OCH3 is 1. The van der Waals surface area contributed by atoms with Crippen molar-refractivity contribution in [3.05, 3.63) is 34.3 Å². The van der Waals surface area contributed by atoms with E-state index in [-0.39, 0.29) is 22.2 Å². The molecule has 2 aromatic rings. The van der Waals surface area contributed by atoms with Crippen molar-refractivity contribution in [2.24, 2.45) is 0 Å². The van der Waals surface area contributed by atoms with Crippen LogP contribution in [0, 0.1) is 18.6 Å². The number of carbonyl (C=O) groups is 1. The molecule has 27 heavy (non-hydrogen) atoms. The molecule has 1 heterocycles. The SMILES string of the molecule is CCN(CCCN(C)C)C(=O)c1sc(-c2cc(F)c(OC)cc2F)nc1C. The molecule has 0 radical (unpaired) electrons. The summed E-state index contributed by atoms with van der Waals surface area (Å²) >= 11 is 1.08. The number of aromatic nitrogens is 1. The van der Waals surface area contributed by atoms with Crippen LogP contribution in [-0.4, -0.2) is 61.5 Å². The number of carbonyl (C=O) groups excluding carboxylic acids is 1. The lowest BCUT2D eigenvalue weighted by Gasteiger charge is -2.21. The predicted molar refractivity (Wildman–Crippen MR) is 104 cm³/mol. The number of thiazole rings is 1. The van der Waals surface area contributed by atoms with Crippen molar-refractivity contribution in [2.75, 3.05) is 40.8 Å². The Hall–Kier alpha value is -2.06. The molecule has 5 nitrogen and oxygen atoms in total. The average molecular weight is 397 g/mol. The van der Waals surface area contributed by atoms with E-state index in [0.29, 0.717) is 23.7 Å². The van der Waals surface area contributed by atoms with E-state index in [0.717, 1.165) is 36.4 Å². The van der Waals surface area contributed by atoms with Gasteiger partial charge in [0.25, 0.3) is 5.91 Å². The summed E-state index contributed by atoms with van der Waals surface area (Å²) in [7, 11) is 5.25. The largest absolute Gasteiger partial charge is 0.494 e. The maximum Gasteiger partial charge on any atom is 0.265 e. The molecule has 0 aliphatic carbocycles. The second-order valence-electron chi connectivity index (χ2n) is 6.44. The Morgan fingerprint density at radius 3 is 2.52 bits per heavy atom. The molecule has 0 saturated carbocycles. The third-order valence-electron chi connectivity index (χ3n) is 4.17. The van der Waals surface area contributed by atoms with Gasteiger partial charge in [0.05, 0.1) is 12.8 Å². The zero-order valence-electron chi connectivity index (χ0n) is 16.3. The molecule has 0 aliphatic rings. The molecular weight excluding hydrogens is 372 g/mol. The fourth-order valence-electron chi connectivity index (χ4n) is 2.68. The van der Waals surface area contributed by atoms with Crippen LogP contribution in [0.4, 0.5) is 8.78 Å². The first-order valence-corrected chi connectivity index (χ1v) is 9.54. The van der Waals surface area contributed by atoms with Crippen molar-refractivity contribution in [2.45, 2.75) is 20.3 Å². The van der Waals surface area contributed by atoms with E-state index in [9.17, 15) is 13.6 Å². The topological polar surface area (TPSA) is 45.7 Å². The highest BCUT2D eigenvalue weighted by molar-refractivity contribution is 7.17. The van der Waals surface area contributed by atoms with Crippen molar-refractivity contribution < 1.29 is 18.3 Å². The molecule has 0 fully saturated rings. The number of hydrogen-bond acceptors (Lipinski definition) is 5. The van der Waals surface area contributed by atoms with E-state index in [1.54, 1.807) is 11.8 Å². The van der Waals surface area contributed by atoms with Gasteiger partial charge in [0, 0.05) is 24.7 Å². The minimum absolute atomic E-state index is 0.0242. The molecule has 1 aromatic heterocycles. The number of ether oxygens (including phenoxy) is 1. The summed E-state index contributed by atoms with van der Waals surface area (Å²) in [6.07, 6.45) is 0.857. The number of rotatable bonds is 8. The van der Waals surface area contributed by atoms with E-state index in [1.807, 2.05) is 21.0 Å². The summed E-state index contributed by atoms with van der Waals surface area (Å²) in [5.41, 5.74) is 0.540. The zero-order valence-corrected chi connectivity index (χ0v) is 17.1. The molecular formula is C19H25F2N3O2S. The first-order valence-electron chi connectivity index (χ1n) is 8.73. The van der Waals surface area contributed by atoms with Crippen LogP contribution in [-0.2, 0) is 0 Å². The van der Waals surface area contributed by atoms with Crippen LogP contribution in [0.5, 0.6) is 5.75 Å². The normalized spacial score (nSPS) is 11.1. The van der Waals surface area contributed by atoms with E-state index in [2.05, 4.69) is 9.88 Å². The van der Waals surface area contributed by atoms with Gasteiger partial charge in [-0.2, -0.15) is 0 Å². The van der Waals surface area contributed by atoms with Gasteiger partial charge in [0.2, 0.25) is 0 Å². The van der Waals surface area contributed by atoms with E-state index >= 15 is 0 Å². The number of amides is 1. The minimum Gasteiger partial charge on any atom is -0.494 e. The van der Waals surface area contributed by atoms with Crippen molar-refractivity contribution >= 4 is 17.2 Å². The highest BCUT2D eigenvalue weighted by Gasteiger charge is 2.23. The predicted octanol–water partition coefficient (Wildman–Crippen LogP) is 3.82. The molecule has 0 spiro atoms. The second kappa shape index (κ2) is 9.23. The van der Waals surface area contributed by atoms with Gasteiger partial charge in [-0.3, -0.25) is 4.79 Å². The monoisotopic (exact) mass is 397 g/mol. The first kappa shape index (κ1) is 21.2. The van der Waals surface area contributed by atoms with Crippen molar-refractivity contribution in [3.8, 4) is 16.3 Å². The van der Waals surface area contributed by atoms with Gasteiger partial charge in [-0.05, 0) is 47.0 Å². The van der Waals surface area contributed by atoms with E-state index in [4.69, 9.17) is 4.74 Å². The third-order valence-corrected chi connectivity index (χ3v) is 5.34. The van der Waals surface area contributed by atoms with Crippen LogP contribution in [0.15, 0.2) is 12.1 Å². The summed E-state index contributed by atoms with van der Waals surface area (Å²) in [5, 5.41) is 0.277. The number of halogens is 2. The molecule has 1 amide bonds. The Balaban J connectivity index is 2.27. The molecule has 0 saturated heterocycles. The summed E-state index contributed by atoms with van der Waals surface area (Å²) < 4.78 is 33.1. The number of nitrogens with zero attached hydrogens (tertiary/aromatic N) is 3. The summed E-state index contributed by atoms with van der Waals surface area (Å²) in [5.74, 6) is -1.61. The molecule has 148 valence electrons. The number of benzene rings is 1. The van der Waals surface area contributed by atoms with E-state index < -0.39 is 11.6 Å². The standard InChI is InChI=1S/C19H25F2N3O2S/c1-6-24(9-7-8-23(3)4)19(25)17-12(2)22-18(27-17)13-10-15(21)16(26-5)11-14(13)20/h10-11H,6-9H2,1-5H3. The maximum absolute atomic E-state index is 14.3. The fraction of sp³-hybridized carbons (Fsp3) is 0.474. The molecule has 0 atom stereocenters. The maximum atomic E-state index is 14.3. The van der Waals surface area contributed by atoms with Gasteiger partial charge >= 0.3 is 0 Å². The van der Waals surface area contributed by atoms with Crippen molar-refractivity contribution in [1.82, 2.24) is 14.8 Å². The Labute approximate surface area is 162 Å². The molecule has 0 aliphatic heterocycles. The second-order valence-corrected chi connectivity index (χ2v) is 7.44. The zero-order chi connectivity index (χ0) is 20.1.